The van der Waals surface area contributed by atoms with E-state index in [4.69, 9.17) is 0 Å². The van der Waals surface area contributed by atoms with Gasteiger partial charge in [0.25, 0.3) is 0 Å². The van der Waals surface area contributed by atoms with E-state index >= 15 is 0 Å². The summed E-state index contributed by atoms with van der Waals surface area (Å²) in [4.78, 5) is 0.462. The Balaban J connectivity index is 2.59. The lowest BCUT2D eigenvalue weighted by atomic mass is 9.91. The van der Waals surface area contributed by atoms with E-state index in [2.05, 4.69) is 29.8 Å². The minimum atomic E-state index is -0.135. The topological polar surface area (TPSA) is 0 Å². The average molecular weight is 301 g/mol. The predicted octanol–water partition coefficient (Wildman–Crippen LogP) is 5.35. The highest BCUT2D eigenvalue weighted by Gasteiger charge is 2.17. The summed E-state index contributed by atoms with van der Waals surface area (Å²) < 4.78 is 13.1. The summed E-state index contributed by atoms with van der Waals surface area (Å²) in [5.41, 5.74) is 1.09. The van der Waals surface area contributed by atoms with Crippen LogP contribution in [0.2, 0.25) is 0 Å². The van der Waals surface area contributed by atoms with Crippen molar-refractivity contribution in [3.63, 3.8) is 0 Å². The molecule has 0 spiro atoms. The quantitative estimate of drug-likeness (QED) is 0.596. The second kappa shape index (κ2) is 7.86. The van der Waals surface area contributed by atoms with Gasteiger partial charge in [0, 0.05) is 4.83 Å². The molecule has 1 unspecified atom stereocenters. The van der Waals surface area contributed by atoms with Gasteiger partial charge in [0.15, 0.2) is 0 Å². The zero-order valence-corrected chi connectivity index (χ0v) is 12.3. The van der Waals surface area contributed by atoms with Crippen LogP contribution in [-0.2, 0) is 6.42 Å². The largest absolute Gasteiger partial charge is 0.207 e. The Kier molecular flexibility index (Phi) is 6.79. The van der Waals surface area contributed by atoms with E-state index in [-0.39, 0.29) is 5.82 Å². The monoisotopic (exact) mass is 300 g/mol. The molecule has 1 aromatic carbocycles. The maximum atomic E-state index is 13.1. The Bertz CT molecular complexity index is 318. The predicted molar refractivity (Wildman–Crippen MR) is 76.1 cm³/mol. The number of alkyl halides is 1. The van der Waals surface area contributed by atoms with Gasteiger partial charge >= 0.3 is 0 Å². The Hall–Kier alpha value is -0.370. The first-order valence-corrected chi connectivity index (χ1v) is 7.47. The summed E-state index contributed by atoms with van der Waals surface area (Å²) >= 11 is 3.79. The smallest absolute Gasteiger partial charge is 0.123 e. The molecular weight excluding hydrogens is 279 g/mol. The standard InChI is InChI=1S/C15H22BrF/c1-3-6-13(7-4-2)15(16)11-12-8-5-9-14(17)10-12/h5,8-10,13,15H,3-4,6-7,11H2,1-2H3. The lowest BCUT2D eigenvalue weighted by Crippen LogP contribution is -2.17. The van der Waals surface area contributed by atoms with Gasteiger partial charge in [-0.25, -0.2) is 4.39 Å². The molecule has 1 rings (SSSR count). The van der Waals surface area contributed by atoms with Crippen LogP contribution >= 0.6 is 15.9 Å². The lowest BCUT2D eigenvalue weighted by molar-refractivity contribution is 0.426. The molecule has 96 valence electrons. The lowest BCUT2D eigenvalue weighted by Gasteiger charge is -2.21. The molecule has 1 aromatic rings. The van der Waals surface area contributed by atoms with Crippen LogP contribution in [0.4, 0.5) is 4.39 Å². The summed E-state index contributed by atoms with van der Waals surface area (Å²) in [6.45, 7) is 4.45. The van der Waals surface area contributed by atoms with Crippen molar-refractivity contribution in [2.75, 3.05) is 0 Å². The van der Waals surface area contributed by atoms with Crippen LogP contribution in [-0.4, -0.2) is 4.83 Å². The maximum Gasteiger partial charge on any atom is 0.123 e. The van der Waals surface area contributed by atoms with E-state index in [0.29, 0.717) is 10.7 Å². The van der Waals surface area contributed by atoms with E-state index in [9.17, 15) is 4.39 Å². The van der Waals surface area contributed by atoms with Crippen LogP contribution in [0.5, 0.6) is 0 Å². The van der Waals surface area contributed by atoms with Gasteiger partial charge in [0.2, 0.25) is 0 Å². The Labute approximate surface area is 113 Å². The molecule has 0 radical (unpaired) electrons. The molecular formula is C15H22BrF. The SMILES string of the molecule is CCCC(CCC)C(Br)Cc1cccc(F)c1. The van der Waals surface area contributed by atoms with Crippen molar-refractivity contribution < 1.29 is 4.39 Å². The van der Waals surface area contributed by atoms with Crippen LogP contribution in [0, 0.1) is 11.7 Å². The normalized spacial score (nSPS) is 13.0. The second-order valence-corrected chi connectivity index (χ2v) is 5.86. The molecule has 0 fully saturated rings. The summed E-state index contributed by atoms with van der Waals surface area (Å²) in [5.74, 6) is 0.568. The highest BCUT2D eigenvalue weighted by atomic mass is 79.9. The first-order chi connectivity index (χ1) is 8.17. The Morgan fingerprint density at radius 1 is 1.18 bits per heavy atom. The van der Waals surface area contributed by atoms with Crippen molar-refractivity contribution in [1.82, 2.24) is 0 Å². The van der Waals surface area contributed by atoms with E-state index in [1.165, 1.54) is 31.7 Å². The Morgan fingerprint density at radius 3 is 2.35 bits per heavy atom. The third-order valence-corrected chi connectivity index (χ3v) is 4.22. The third kappa shape index (κ3) is 5.20. The van der Waals surface area contributed by atoms with Gasteiger partial charge in [0.1, 0.15) is 5.82 Å². The van der Waals surface area contributed by atoms with Crippen molar-refractivity contribution in [3.05, 3.63) is 35.6 Å². The van der Waals surface area contributed by atoms with Gasteiger partial charge in [-0.15, -0.1) is 0 Å². The molecule has 2 heteroatoms. The van der Waals surface area contributed by atoms with Gasteiger partial charge < -0.3 is 0 Å². The molecule has 0 nitrogen and oxygen atoms in total. The van der Waals surface area contributed by atoms with Gasteiger partial charge in [-0.1, -0.05) is 54.8 Å². The molecule has 0 saturated heterocycles. The van der Waals surface area contributed by atoms with Crippen molar-refractivity contribution in [3.8, 4) is 0 Å². The molecule has 0 N–H and O–H groups in total. The van der Waals surface area contributed by atoms with Crippen molar-refractivity contribution in [1.29, 1.82) is 0 Å². The first-order valence-electron chi connectivity index (χ1n) is 6.55. The van der Waals surface area contributed by atoms with Crippen LogP contribution in [0.3, 0.4) is 0 Å². The zero-order chi connectivity index (χ0) is 12.7. The van der Waals surface area contributed by atoms with Gasteiger partial charge in [-0.3, -0.25) is 0 Å². The second-order valence-electron chi connectivity index (χ2n) is 4.69. The fourth-order valence-corrected chi connectivity index (χ4v) is 3.21. The van der Waals surface area contributed by atoms with E-state index < -0.39 is 0 Å². The summed E-state index contributed by atoms with van der Waals surface area (Å²) in [5, 5.41) is 0. The van der Waals surface area contributed by atoms with Crippen LogP contribution in [0.15, 0.2) is 24.3 Å². The number of hydrogen-bond acceptors (Lipinski definition) is 0. The number of halogens is 2. The molecule has 0 aromatic heterocycles. The zero-order valence-electron chi connectivity index (χ0n) is 10.8. The highest BCUT2D eigenvalue weighted by molar-refractivity contribution is 9.09. The Morgan fingerprint density at radius 2 is 1.82 bits per heavy atom. The summed E-state index contributed by atoms with van der Waals surface area (Å²) in [6.07, 6.45) is 5.85. The molecule has 1 atom stereocenters. The van der Waals surface area contributed by atoms with E-state index in [1.54, 1.807) is 12.1 Å². The third-order valence-electron chi connectivity index (χ3n) is 3.15. The molecule has 0 aliphatic carbocycles. The van der Waals surface area contributed by atoms with Crippen molar-refractivity contribution in [2.45, 2.75) is 50.8 Å². The van der Waals surface area contributed by atoms with E-state index in [0.717, 1.165) is 12.0 Å². The minimum Gasteiger partial charge on any atom is -0.207 e. The fraction of sp³-hybridized carbons (Fsp3) is 0.600. The number of benzene rings is 1. The van der Waals surface area contributed by atoms with Gasteiger partial charge in [-0.05, 0) is 42.9 Å². The van der Waals surface area contributed by atoms with Crippen LogP contribution < -0.4 is 0 Å². The van der Waals surface area contributed by atoms with Crippen LogP contribution in [0.1, 0.15) is 45.1 Å². The molecule has 0 aliphatic heterocycles. The molecule has 17 heavy (non-hydrogen) atoms. The molecule has 0 heterocycles. The van der Waals surface area contributed by atoms with E-state index in [1.807, 2.05) is 6.07 Å². The maximum absolute atomic E-state index is 13.1. The molecule has 0 aliphatic rings. The van der Waals surface area contributed by atoms with Gasteiger partial charge in [0.05, 0.1) is 0 Å². The van der Waals surface area contributed by atoms with Crippen molar-refractivity contribution >= 4 is 15.9 Å². The summed E-state index contributed by atoms with van der Waals surface area (Å²) in [7, 11) is 0. The summed E-state index contributed by atoms with van der Waals surface area (Å²) in [6, 6.07) is 6.94. The number of rotatable bonds is 7. The average Bonchev–Trinajstić information content (AvgIpc) is 2.28. The molecule has 0 bridgehead atoms. The minimum absolute atomic E-state index is 0.135. The molecule has 0 amide bonds. The molecule has 0 saturated carbocycles. The first kappa shape index (κ1) is 14.7. The highest BCUT2D eigenvalue weighted by Crippen LogP contribution is 2.26. The van der Waals surface area contributed by atoms with Crippen LogP contribution in [0.25, 0.3) is 0 Å². The number of hydrogen-bond donors (Lipinski definition) is 0. The fourth-order valence-electron chi connectivity index (χ4n) is 2.30. The van der Waals surface area contributed by atoms with Crippen molar-refractivity contribution in [2.24, 2.45) is 5.92 Å². The van der Waals surface area contributed by atoms with Gasteiger partial charge in [-0.2, -0.15) is 0 Å².